The number of hydrogen-bond donors (Lipinski definition) is 0. The molecule has 0 unspecified atom stereocenters. The third-order valence-electron chi connectivity index (χ3n) is 2.18. The fourth-order valence-corrected chi connectivity index (χ4v) is 2.95. The molecule has 2 rings (SSSR count). The molecule has 0 atom stereocenters. The van der Waals surface area contributed by atoms with E-state index in [9.17, 15) is 0 Å². The molecule has 2 heterocycles. The van der Waals surface area contributed by atoms with Crippen LogP contribution < -0.4 is 4.90 Å². The number of anilines is 1. The highest BCUT2D eigenvalue weighted by Gasteiger charge is 2.17. The molecule has 0 radical (unpaired) electrons. The van der Waals surface area contributed by atoms with Crippen LogP contribution in [0.5, 0.6) is 0 Å². The largest absolute Gasteiger partial charge is 0.354 e. The predicted octanol–water partition coefficient (Wildman–Crippen LogP) is 3.60. The highest BCUT2D eigenvalue weighted by molar-refractivity contribution is 7.99. The third-order valence-corrected chi connectivity index (χ3v) is 4.07. The SMILES string of the molecule is Clc1cc(Cl)c(N2CCSCC2)nc1Cl. The van der Waals surface area contributed by atoms with E-state index in [4.69, 9.17) is 34.8 Å². The van der Waals surface area contributed by atoms with Crippen molar-refractivity contribution >= 4 is 52.4 Å². The molecule has 0 spiro atoms. The topological polar surface area (TPSA) is 16.1 Å². The Hall–Kier alpha value is 0.170. The number of hydrogen-bond acceptors (Lipinski definition) is 3. The molecule has 6 heteroatoms. The number of halogens is 3. The molecule has 0 bridgehead atoms. The van der Waals surface area contributed by atoms with Gasteiger partial charge < -0.3 is 4.90 Å². The molecule has 0 N–H and O–H groups in total. The second-order valence-electron chi connectivity index (χ2n) is 3.17. The molecule has 2 nitrogen and oxygen atoms in total. The van der Waals surface area contributed by atoms with Crippen LogP contribution in [0.4, 0.5) is 5.82 Å². The Morgan fingerprint density at radius 1 is 1.13 bits per heavy atom. The quantitative estimate of drug-likeness (QED) is 0.733. The van der Waals surface area contributed by atoms with E-state index >= 15 is 0 Å². The molecule has 0 amide bonds. The van der Waals surface area contributed by atoms with Gasteiger partial charge in [-0.1, -0.05) is 34.8 Å². The van der Waals surface area contributed by atoms with Crippen molar-refractivity contribution < 1.29 is 0 Å². The Bertz CT molecular complexity index is 367. The van der Waals surface area contributed by atoms with Crippen molar-refractivity contribution in [1.29, 1.82) is 0 Å². The number of pyridine rings is 1. The zero-order valence-corrected chi connectivity index (χ0v) is 10.9. The molecule has 82 valence electrons. The molecular formula is C9H9Cl3N2S. The van der Waals surface area contributed by atoms with E-state index in [0.717, 1.165) is 30.4 Å². The van der Waals surface area contributed by atoms with Gasteiger partial charge in [-0.15, -0.1) is 0 Å². The van der Waals surface area contributed by atoms with Gasteiger partial charge in [0, 0.05) is 24.6 Å². The molecule has 0 aliphatic carbocycles. The van der Waals surface area contributed by atoms with Gasteiger partial charge in [0.1, 0.15) is 11.0 Å². The summed E-state index contributed by atoms with van der Waals surface area (Å²) in [4.78, 5) is 6.35. The maximum absolute atomic E-state index is 6.08. The van der Waals surface area contributed by atoms with E-state index in [0.29, 0.717) is 15.2 Å². The van der Waals surface area contributed by atoms with Crippen LogP contribution in [0.25, 0.3) is 0 Å². The van der Waals surface area contributed by atoms with E-state index in [2.05, 4.69) is 9.88 Å². The van der Waals surface area contributed by atoms with Crippen molar-refractivity contribution in [3.63, 3.8) is 0 Å². The van der Waals surface area contributed by atoms with Crippen molar-refractivity contribution in [2.75, 3.05) is 29.5 Å². The molecule has 1 aliphatic rings. The molecule has 1 aromatic heterocycles. The number of thioether (sulfide) groups is 1. The summed E-state index contributed by atoms with van der Waals surface area (Å²) in [5.41, 5.74) is 0. The predicted molar refractivity (Wildman–Crippen MR) is 68.8 cm³/mol. The standard InChI is InChI=1S/C9H9Cl3N2S/c10-6-5-7(11)9(13-8(6)12)14-1-3-15-4-2-14/h5H,1-4H2. The maximum Gasteiger partial charge on any atom is 0.150 e. The van der Waals surface area contributed by atoms with Gasteiger partial charge in [-0.25, -0.2) is 4.98 Å². The molecule has 15 heavy (non-hydrogen) atoms. The van der Waals surface area contributed by atoms with E-state index in [-0.39, 0.29) is 0 Å². The van der Waals surface area contributed by atoms with Crippen LogP contribution in [0, 0.1) is 0 Å². The average molecular weight is 284 g/mol. The highest BCUT2D eigenvalue weighted by Crippen LogP contribution is 2.32. The smallest absolute Gasteiger partial charge is 0.150 e. The minimum absolute atomic E-state index is 0.314. The molecule has 1 aliphatic heterocycles. The minimum Gasteiger partial charge on any atom is -0.354 e. The van der Waals surface area contributed by atoms with Gasteiger partial charge in [0.05, 0.1) is 10.0 Å². The Kier molecular flexibility index (Phi) is 3.88. The molecule has 0 aromatic carbocycles. The lowest BCUT2D eigenvalue weighted by atomic mass is 10.4. The Morgan fingerprint density at radius 2 is 1.80 bits per heavy atom. The Morgan fingerprint density at radius 3 is 2.47 bits per heavy atom. The van der Waals surface area contributed by atoms with Crippen LogP contribution in [-0.2, 0) is 0 Å². The van der Waals surface area contributed by atoms with E-state index in [1.54, 1.807) is 6.07 Å². The van der Waals surface area contributed by atoms with Gasteiger partial charge in [0.25, 0.3) is 0 Å². The van der Waals surface area contributed by atoms with Crippen LogP contribution in [-0.4, -0.2) is 29.6 Å². The van der Waals surface area contributed by atoms with Gasteiger partial charge >= 0.3 is 0 Å². The van der Waals surface area contributed by atoms with Crippen LogP contribution in [0.3, 0.4) is 0 Å². The van der Waals surface area contributed by atoms with Gasteiger partial charge in [-0.05, 0) is 6.07 Å². The second-order valence-corrected chi connectivity index (χ2v) is 5.56. The summed E-state index contributed by atoms with van der Waals surface area (Å²) in [6.45, 7) is 1.91. The summed E-state index contributed by atoms with van der Waals surface area (Å²) in [6, 6.07) is 1.65. The average Bonchev–Trinajstić information content (AvgIpc) is 2.25. The summed E-state index contributed by atoms with van der Waals surface area (Å²) in [5, 5.41) is 1.28. The van der Waals surface area contributed by atoms with Gasteiger partial charge in [-0.2, -0.15) is 11.8 Å². The summed E-state index contributed by atoms with van der Waals surface area (Å²) in [5.74, 6) is 2.93. The van der Waals surface area contributed by atoms with Crippen LogP contribution in [0.1, 0.15) is 0 Å². The van der Waals surface area contributed by atoms with E-state index < -0.39 is 0 Å². The van der Waals surface area contributed by atoms with Crippen molar-refractivity contribution in [2.45, 2.75) is 0 Å². The lowest BCUT2D eigenvalue weighted by Crippen LogP contribution is -2.33. The molecule has 1 fully saturated rings. The van der Waals surface area contributed by atoms with Crippen LogP contribution in [0.2, 0.25) is 15.2 Å². The van der Waals surface area contributed by atoms with Gasteiger partial charge in [0.15, 0.2) is 0 Å². The fraction of sp³-hybridized carbons (Fsp3) is 0.444. The molecule has 0 saturated carbocycles. The Balaban J connectivity index is 2.30. The van der Waals surface area contributed by atoms with Crippen molar-refractivity contribution in [3.8, 4) is 0 Å². The monoisotopic (exact) mass is 282 g/mol. The summed E-state index contributed by atoms with van der Waals surface area (Å²) < 4.78 is 0. The molecule has 1 aromatic rings. The van der Waals surface area contributed by atoms with Crippen LogP contribution in [0.15, 0.2) is 6.07 Å². The normalized spacial score (nSPS) is 16.9. The highest BCUT2D eigenvalue weighted by atomic mass is 35.5. The molecule has 1 saturated heterocycles. The summed E-state index contributed by atoms with van der Waals surface area (Å²) in [7, 11) is 0. The third kappa shape index (κ3) is 2.64. The lowest BCUT2D eigenvalue weighted by molar-refractivity contribution is 0.840. The summed E-state index contributed by atoms with van der Waals surface area (Å²) in [6.07, 6.45) is 0. The fourth-order valence-electron chi connectivity index (χ4n) is 1.43. The van der Waals surface area contributed by atoms with Gasteiger partial charge in [-0.3, -0.25) is 0 Å². The number of nitrogens with zero attached hydrogens (tertiary/aromatic N) is 2. The maximum atomic E-state index is 6.08. The van der Waals surface area contributed by atoms with Crippen molar-refractivity contribution in [2.24, 2.45) is 0 Å². The minimum atomic E-state index is 0.314. The Labute approximate surface area is 108 Å². The number of aromatic nitrogens is 1. The van der Waals surface area contributed by atoms with Crippen LogP contribution >= 0.6 is 46.6 Å². The van der Waals surface area contributed by atoms with Crippen molar-refractivity contribution in [3.05, 3.63) is 21.3 Å². The zero-order chi connectivity index (χ0) is 10.8. The molecular weight excluding hydrogens is 275 g/mol. The van der Waals surface area contributed by atoms with Crippen molar-refractivity contribution in [1.82, 2.24) is 4.98 Å². The first kappa shape index (κ1) is 11.6. The van der Waals surface area contributed by atoms with E-state index in [1.807, 2.05) is 11.8 Å². The first-order valence-corrected chi connectivity index (χ1v) is 6.81. The summed E-state index contributed by atoms with van der Waals surface area (Å²) >= 11 is 19.7. The first-order valence-electron chi connectivity index (χ1n) is 4.52. The number of rotatable bonds is 1. The van der Waals surface area contributed by atoms with E-state index in [1.165, 1.54) is 0 Å². The zero-order valence-electron chi connectivity index (χ0n) is 7.84. The first-order chi connectivity index (χ1) is 7.18. The second kappa shape index (κ2) is 5.00. The van der Waals surface area contributed by atoms with Gasteiger partial charge in [0.2, 0.25) is 0 Å². The lowest BCUT2D eigenvalue weighted by Gasteiger charge is -2.28.